The molecule has 1 heterocycles. The van der Waals surface area contributed by atoms with Gasteiger partial charge in [0.2, 0.25) is 0 Å². The quantitative estimate of drug-likeness (QED) is 0.690. The Balaban J connectivity index is 2.47. The number of aromatic hydroxyl groups is 1. The van der Waals surface area contributed by atoms with Crippen LogP contribution in [-0.4, -0.2) is 25.3 Å². The number of hydrogen-bond donors (Lipinski definition) is 1. The molecule has 1 aromatic heterocycles. The zero-order valence-electron chi connectivity index (χ0n) is 7.05. The summed E-state index contributed by atoms with van der Waals surface area (Å²) in [4.78, 5) is 0. The summed E-state index contributed by atoms with van der Waals surface area (Å²) in [6, 6.07) is 6.73. The van der Waals surface area contributed by atoms with E-state index in [1.807, 2.05) is 0 Å². The van der Waals surface area contributed by atoms with Crippen LogP contribution in [0.25, 0.3) is 11.4 Å². The van der Waals surface area contributed by atoms with Gasteiger partial charge >= 0.3 is 0 Å². The van der Waals surface area contributed by atoms with Gasteiger partial charge in [-0.05, 0) is 34.7 Å². The van der Waals surface area contributed by atoms with E-state index in [0.29, 0.717) is 5.82 Å². The number of hydrogen-bond acceptors (Lipinski definition) is 4. The second kappa shape index (κ2) is 2.85. The van der Waals surface area contributed by atoms with Crippen LogP contribution in [0.1, 0.15) is 0 Å². The zero-order chi connectivity index (χ0) is 9.26. The highest BCUT2D eigenvalue weighted by Gasteiger charge is 2.04. The Morgan fingerprint density at radius 1 is 1.23 bits per heavy atom. The molecule has 0 fully saturated rings. The van der Waals surface area contributed by atoms with Crippen molar-refractivity contribution in [2.24, 2.45) is 7.05 Å². The molecule has 0 saturated carbocycles. The number of aromatic nitrogens is 4. The SMILES string of the molecule is Cn1nnnc1-c1ccc(O)cc1. The summed E-state index contributed by atoms with van der Waals surface area (Å²) in [7, 11) is 1.77. The fourth-order valence-electron chi connectivity index (χ4n) is 1.08. The van der Waals surface area contributed by atoms with E-state index in [-0.39, 0.29) is 5.75 Å². The number of phenols is 1. The standard InChI is InChI=1S/C8H8N4O/c1-12-8(9-10-11-12)6-2-4-7(13)5-3-6/h2-5,13H,1H3. The molecule has 0 atom stereocenters. The van der Waals surface area contributed by atoms with Crippen molar-refractivity contribution in [3.05, 3.63) is 24.3 Å². The lowest BCUT2D eigenvalue weighted by Gasteiger charge is -1.97. The van der Waals surface area contributed by atoms with E-state index < -0.39 is 0 Å². The predicted octanol–water partition coefficient (Wildman–Crippen LogP) is 0.583. The average Bonchev–Trinajstić information content (AvgIpc) is 2.53. The van der Waals surface area contributed by atoms with Crippen LogP contribution in [0.15, 0.2) is 24.3 Å². The molecule has 66 valence electrons. The highest BCUT2D eigenvalue weighted by Crippen LogP contribution is 2.17. The minimum absolute atomic E-state index is 0.235. The summed E-state index contributed by atoms with van der Waals surface area (Å²) in [6.45, 7) is 0. The maximum atomic E-state index is 9.07. The molecule has 0 saturated heterocycles. The fourth-order valence-corrected chi connectivity index (χ4v) is 1.08. The van der Waals surface area contributed by atoms with Crippen LogP contribution >= 0.6 is 0 Å². The highest BCUT2D eigenvalue weighted by atomic mass is 16.3. The predicted molar refractivity (Wildman–Crippen MR) is 45.9 cm³/mol. The van der Waals surface area contributed by atoms with E-state index >= 15 is 0 Å². The molecule has 1 N–H and O–H groups in total. The number of phenolic OH excluding ortho intramolecular Hbond substituents is 1. The minimum atomic E-state index is 0.235. The van der Waals surface area contributed by atoms with Crippen molar-refractivity contribution in [2.75, 3.05) is 0 Å². The third-order valence-electron chi connectivity index (χ3n) is 1.75. The van der Waals surface area contributed by atoms with Crippen molar-refractivity contribution in [1.82, 2.24) is 20.2 Å². The van der Waals surface area contributed by atoms with Gasteiger partial charge in [-0.1, -0.05) is 0 Å². The molecule has 0 bridgehead atoms. The summed E-state index contributed by atoms with van der Waals surface area (Å²) in [5, 5.41) is 20.1. The van der Waals surface area contributed by atoms with Gasteiger partial charge in [-0.25, -0.2) is 4.68 Å². The first-order valence-corrected chi connectivity index (χ1v) is 3.79. The smallest absolute Gasteiger partial charge is 0.181 e. The van der Waals surface area contributed by atoms with E-state index in [9.17, 15) is 0 Å². The number of rotatable bonds is 1. The molecule has 5 nitrogen and oxygen atoms in total. The lowest BCUT2D eigenvalue weighted by molar-refractivity contribution is 0.475. The highest BCUT2D eigenvalue weighted by molar-refractivity contribution is 5.55. The molecular formula is C8H8N4O. The Morgan fingerprint density at radius 2 is 1.92 bits per heavy atom. The van der Waals surface area contributed by atoms with E-state index in [1.165, 1.54) is 0 Å². The van der Waals surface area contributed by atoms with Crippen LogP contribution in [0.4, 0.5) is 0 Å². The Hall–Kier alpha value is -1.91. The summed E-state index contributed by atoms with van der Waals surface area (Å²) >= 11 is 0. The first kappa shape index (κ1) is 7.72. The van der Waals surface area contributed by atoms with E-state index in [0.717, 1.165) is 5.56 Å². The normalized spacial score (nSPS) is 10.2. The van der Waals surface area contributed by atoms with Gasteiger partial charge in [0.1, 0.15) is 5.75 Å². The number of nitrogens with zero attached hydrogens (tertiary/aromatic N) is 4. The third-order valence-corrected chi connectivity index (χ3v) is 1.75. The van der Waals surface area contributed by atoms with Gasteiger partial charge in [-0.3, -0.25) is 0 Å². The maximum absolute atomic E-state index is 9.07. The van der Waals surface area contributed by atoms with E-state index in [2.05, 4.69) is 15.5 Å². The monoisotopic (exact) mass is 176 g/mol. The lowest BCUT2D eigenvalue weighted by atomic mass is 10.2. The second-order valence-electron chi connectivity index (χ2n) is 2.67. The lowest BCUT2D eigenvalue weighted by Crippen LogP contribution is -1.93. The van der Waals surface area contributed by atoms with Gasteiger partial charge < -0.3 is 5.11 Å². The Morgan fingerprint density at radius 3 is 2.46 bits per heavy atom. The molecule has 0 amide bonds. The molecule has 0 radical (unpaired) electrons. The van der Waals surface area contributed by atoms with Gasteiger partial charge in [0.05, 0.1) is 0 Å². The molecule has 5 heteroatoms. The molecule has 2 aromatic rings. The van der Waals surface area contributed by atoms with Crippen molar-refractivity contribution in [3.8, 4) is 17.1 Å². The van der Waals surface area contributed by atoms with Crippen LogP contribution in [0, 0.1) is 0 Å². The number of tetrazole rings is 1. The van der Waals surface area contributed by atoms with Crippen LogP contribution in [0.2, 0.25) is 0 Å². The molecule has 1 aromatic carbocycles. The Labute approximate surface area is 74.6 Å². The summed E-state index contributed by atoms with van der Waals surface area (Å²) in [5.74, 6) is 0.916. The molecule has 2 rings (SSSR count). The summed E-state index contributed by atoms with van der Waals surface area (Å²) in [6.07, 6.45) is 0. The van der Waals surface area contributed by atoms with Crippen molar-refractivity contribution in [3.63, 3.8) is 0 Å². The second-order valence-corrected chi connectivity index (χ2v) is 2.67. The first-order chi connectivity index (χ1) is 6.27. The van der Waals surface area contributed by atoms with Crippen LogP contribution in [0.3, 0.4) is 0 Å². The summed E-state index contributed by atoms with van der Waals surface area (Å²) < 4.78 is 1.58. The zero-order valence-corrected chi connectivity index (χ0v) is 7.05. The molecule has 0 aliphatic rings. The van der Waals surface area contributed by atoms with Crippen LogP contribution in [0.5, 0.6) is 5.75 Å². The minimum Gasteiger partial charge on any atom is -0.508 e. The molecule has 13 heavy (non-hydrogen) atoms. The molecule has 0 aliphatic carbocycles. The Bertz CT molecular complexity index is 406. The van der Waals surface area contributed by atoms with Gasteiger partial charge in [-0.15, -0.1) is 5.10 Å². The molecule has 0 unspecified atom stereocenters. The van der Waals surface area contributed by atoms with Gasteiger partial charge in [0, 0.05) is 12.6 Å². The van der Waals surface area contributed by atoms with Crippen LogP contribution < -0.4 is 0 Å². The molecular weight excluding hydrogens is 168 g/mol. The fraction of sp³-hybridized carbons (Fsp3) is 0.125. The van der Waals surface area contributed by atoms with Crippen LogP contribution in [-0.2, 0) is 7.05 Å². The topological polar surface area (TPSA) is 63.8 Å². The van der Waals surface area contributed by atoms with Crippen molar-refractivity contribution >= 4 is 0 Å². The van der Waals surface area contributed by atoms with Crippen molar-refractivity contribution in [2.45, 2.75) is 0 Å². The third kappa shape index (κ3) is 1.35. The van der Waals surface area contributed by atoms with Crippen molar-refractivity contribution < 1.29 is 5.11 Å². The number of benzene rings is 1. The average molecular weight is 176 g/mol. The van der Waals surface area contributed by atoms with Gasteiger partial charge in [-0.2, -0.15) is 0 Å². The van der Waals surface area contributed by atoms with Gasteiger partial charge in [0.15, 0.2) is 5.82 Å². The first-order valence-electron chi connectivity index (χ1n) is 3.79. The number of aryl methyl sites for hydroxylation is 1. The van der Waals surface area contributed by atoms with E-state index in [4.69, 9.17) is 5.11 Å². The van der Waals surface area contributed by atoms with E-state index in [1.54, 1.807) is 36.0 Å². The van der Waals surface area contributed by atoms with Gasteiger partial charge in [0.25, 0.3) is 0 Å². The molecule has 0 aliphatic heterocycles. The maximum Gasteiger partial charge on any atom is 0.181 e. The summed E-state index contributed by atoms with van der Waals surface area (Å²) in [5.41, 5.74) is 0.880. The largest absolute Gasteiger partial charge is 0.508 e. The Kier molecular flexibility index (Phi) is 1.70. The van der Waals surface area contributed by atoms with Crippen molar-refractivity contribution in [1.29, 1.82) is 0 Å². The molecule has 0 spiro atoms.